The number of fused-ring (bicyclic) bond motifs is 16. The van der Waals surface area contributed by atoms with Crippen molar-refractivity contribution < 1.29 is 0 Å². The van der Waals surface area contributed by atoms with Crippen LogP contribution < -0.4 is 0 Å². The third-order valence-electron chi connectivity index (χ3n) is 18.9. The molecule has 4 heterocycles. The van der Waals surface area contributed by atoms with Gasteiger partial charge in [0, 0.05) is 76.8 Å². The Bertz CT molecular complexity index is 6130. The summed E-state index contributed by atoms with van der Waals surface area (Å²) >= 11 is 0. The molecule has 0 unspecified atom stereocenters. The zero-order valence-corrected chi connectivity index (χ0v) is 53.2. The predicted molar refractivity (Wildman–Crippen MR) is 409 cm³/mol. The molecule has 456 valence electrons. The predicted octanol–water partition coefficient (Wildman–Crippen LogP) is 24.0. The Morgan fingerprint density at radius 1 is 0.143 bits per heavy atom. The molecule has 19 rings (SSSR count). The Morgan fingerprint density at radius 2 is 0.357 bits per heavy atom. The van der Waals surface area contributed by atoms with Crippen LogP contribution in [0.2, 0.25) is 0 Å². The summed E-state index contributed by atoms with van der Waals surface area (Å²) in [4.78, 5) is 30.8. The van der Waals surface area contributed by atoms with Crippen LogP contribution in [0.3, 0.4) is 0 Å². The first-order valence-corrected chi connectivity index (χ1v) is 33.2. The molecule has 0 spiro atoms. The van der Waals surface area contributed by atoms with Crippen LogP contribution >= 0.6 is 0 Å². The van der Waals surface area contributed by atoms with E-state index in [1.165, 1.54) is 64.6 Å². The van der Waals surface area contributed by atoms with Crippen molar-refractivity contribution in [2.45, 2.75) is 0 Å². The molecule has 6 heteroatoms. The molecule has 98 heavy (non-hydrogen) atoms. The van der Waals surface area contributed by atoms with E-state index in [0.717, 1.165) is 112 Å². The molecule has 15 aromatic carbocycles. The van der Waals surface area contributed by atoms with Crippen molar-refractivity contribution >= 4 is 86.4 Å². The maximum Gasteiger partial charge on any atom is 0.160 e. The normalized spacial score (nSPS) is 11.5. The summed E-state index contributed by atoms with van der Waals surface area (Å²) < 4.78 is 0. The van der Waals surface area contributed by atoms with Gasteiger partial charge in [0.25, 0.3) is 0 Å². The van der Waals surface area contributed by atoms with E-state index < -0.39 is 0 Å². The van der Waals surface area contributed by atoms with E-state index >= 15 is 0 Å². The molecular weight excluding hydrogens is 1190 g/mol. The summed E-state index contributed by atoms with van der Waals surface area (Å²) in [5.41, 5.74) is 18.3. The highest BCUT2D eigenvalue weighted by Crippen LogP contribution is 2.44. The summed E-state index contributed by atoms with van der Waals surface area (Å²) in [6.45, 7) is 0. The lowest BCUT2D eigenvalue weighted by Crippen LogP contribution is -1.96. The molecule has 0 radical (unpaired) electrons. The fourth-order valence-corrected chi connectivity index (χ4v) is 14.2. The van der Waals surface area contributed by atoms with Crippen LogP contribution in [0.5, 0.6) is 0 Å². The van der Waals surface area contributed by atoms with Crippen molar-refractivity contribution in [1.29, 1.82) is 0 Å². The van der Waals surface area contributed by atoms with Gasteiger partial charge in [0.2, 0.25) is 0 Å². The number of aromatic nitrogens is 6. The minimum absolute atomic E-state index is 0.710. The van der Waals surface area contributed by atoms with Gasteiger partial charge in [-0.15, -0.1) is 0 Å². The molecule has 19 aromatic rings. The number of pyridine rings is 2. The van der Waals surface area contributed by atoms with Gasteiger partial charge in [0.15, 0.2) is 11.6 Å². The van der Waals surface area contributed by atoms with Crippen LogP contribution in [0.1, 0.15) is 0 Å². The van der Waals surface area contributed by atoms with Gasteiger partial charge in [-0.1, -0.05) is 340 Å². The summed E-state index contributed by atoms with van der Waals surface area (Å²) in [6, 6.07) is 123. The number of nitrogens with zero attached hydrogens (tertiary/aromatic N) is 6. The average molecular weight is 1250 g/mol. The van der Waals surface area contributed by atoms with Gasteiger partial charge in [-0.3, -0.25) is 0 Å². The van der Waals surface area contributed by atoms with Crippen molar-refractivity contribution in [3.05, 3.63) is 352 Å². The smallest absolute Gasteiger partial charge is 0.160 e. The largest absolute Gasteiger partial charge is 0.246 e. The molecule has 0 aliphatic carbocycles. The van der Waals surface area contributed by atoms with Gasteiger partial charge in [-0.2, -0.15) is 0 Å². The summed E-state index contributed by atoms with van der Waals surface area (Å²) in [6.07, 6.45) is 0. The highest BCUT2D eigenvalue weighted by Gasteiger charge is 2.20. The Kier molecular flexibility index (Phi) is 14.5. The van der Waals surface area contributed by atoms with Crippen LogP contribution in [-0.4, -0.2) is 29.9 Å². The third kappa shape index (κ3) is 10.4. The maximum atomic E-state index is 5.45. The first-order valence-electron chi connectivity index (χ1n) is 33.2. The fraction of sp³-hybridized carbons (Fsp3) is 0. The molecule has 0 saturated heterocycles. The monoisotopic (exact) mass is 1250 g/mol. The van der Waals surface area contributed by atoms with Gasteiger partial charge in [-0.05, 0) is 66.3 Å². The molecule has 0 aliphatic rings. The maximum absolute atomic E-state index is 5.45. The van der Waals surface area contributed by atoms with E-state index in [4.69, 9.17) is 29.9 Å². The van der Waals surface area contributed by atoms with E-state index in [-0.39, 0.29) is 0 Å². The first kappa shape index (κ1) is 57.5. The molecule has 0 atom stereocenters. The topological polar surface area (TPSA) is 77.3 Å². The van der Waals surface area contributed by atoms with Crippen LogP contribution in [0.4, 0.5) is 0 Å². The Labute approximate surface area is 566 Å². The van der Waals surface area contributed by atoms with Crippen molar-refractivity contribution in [2.75, 3.05) is 0 Å². The minimum Gasteiger partial charge on any atom is -0.246 e. The molecule has 4 aromatic heterocycles. The zero-order valence-electron chi connectivity index (χ0n) is 53.2. The third-order valence-corrected chi connectivity index (χ3v) is 18.9. The molecule has 6 nitrogen and oxygen atoms in total. The van der Waals surface area contributed by atoms with Gasteiger partial charge < -0.3 is 0 Å². The van der Waals surface area contributed by atoms with Gasteiger partial charge in [0.05, 0.1) is 45.2 Å². The van der Waals surface area contributed by atoms with E-state index in [1.54, 1.807) is 0 Å². The quantitative estimate of drug-likeness (QED) is 0.134. The second kappa shape index (κ2) is 24.6. The van der Waals surface area contributed by atoms with Crippen molar-refractivity contribution in [1.82, 2.24) is 29.9 Å². The lowest BCUT2D eigenvalue weighted by Gasteiger charge is -2.15. The minimum atomic E-state index is 0.710. The number of rotatable bonds is 9. The molecule has 0 saturated carbocycles. The molecular formula is C92H58N6. The highest BCUT2D eigenvalue weighted by molar-refractivity contribution is 6.32. The summed E-state index contributed by atoms with van der Waals surface area (Å²) in [5, 5.41) is 16.9. The second-order valence-electron chi connectivity index (χ2n) is 24.8. The lowest BCUT2D eigenvalue weighted by molar-refractivity contribution is 1.18. The van der Waals surface area contributed by atoms with E-state index in [1.807, 2.05) is 72.8 Å². The SMILES string of the molecule is c1ccc(-c2cc(-c3ccc(-c4ccc(-c5nc6c7ccccc7c7ccccc7c6c6ccccc56)cc4)cc3)nc(-c3ccccc3)n2)cc1.c1ccc(-c2cc(-c3ccc(-c4nc5c6ccccc6c6ccccc6c5c5ccccc45)cc3)nc(-c3ccccc3)n2)cc1. The molecule has 0 aliphatic heterocycles. The number of hydrogen-bond donors (Lipinski definition) is 0. The highest BCUT2D eigenvalue weighted by atomic mass is 14.9. The first-order chi connectivity index (χ1) is 48.6. The van der Waals surface area contributed by atoms with Crippen LogP contribution in [0.15, 0.2) is 352 Å². The molecule has 0 fully saturated rings. The average Bonchev–Trinajstić information content (AvgIpc) is 0.727. The van der Waals surface area contributed by atoms with Gasteiger partial charge in [0.1, 0.15) is 0 Å². The van der Waals surface area contributed by atoms with E-state index in [2.05, 4.69) is 279 Å². The van der Waals surface area contributed by atoms with Crippen molar-refractivity contribution in [2.24, 2.45) is 0 Å². The number of hydrogen-bond acceptors (Lipinski definition) is 6. The zero-order chi connectivity index (χ0) is 64.9. The van der Waals surface area contributed by atoms with Crippen molar-refractivity contribution in [3.8, 4) is 101 Å². The number of benzene rings is 15. The van der Waals surface area contributed by atoms with Crippen LogP contribution in [-0.2, 0) is 0 Å². The van der Waals surface area contributed by atoms with Crippen LogP contribution in [0.25, 0.3) is 188 Å². The lowest BCUT2D eigenvalue weighted by atomic mass is 9.92. The summed E-state index contributed by atoms with van der Waals surface area (Å²) in [5.74, 6) is 1.43. The van der Waals surface area contributed by atoms with Gasteiger partial charge >= 0.3 is 0 Å². The van der Waals surface area contributed by atoms with E-state index in [9.17, 15) is 0 Å². The molecule has 0 N–H and O–H groups in total. The fourth-order valence-electron chi connectivity index (χ4n) is 14.2. The van der Waals surface area contributed by atoms with E-state index in [0.29, 0.717) is 11.6 Å². The molecule has 0 amide bonds. The second-order valence-corrected chi connectivity index (χ2v) is 24.8. The summed E-state index contributed by atoms with van der Waals surface area (Å²) in [7, 11) is 0. The van der Waals surface area contributed by atoms with Gasteiger partial charge in [-0.25, -0.2) is 29.9 Å². The standard InChI is InChI=1S/C49H31N3.C43H27N3/c1-3-13-34(14-4-1)44-31-45(51-49(50-44)37-15-5-2-6-16-37)35-27-23-32(24-28-35)33-25-29-36(30-26-33)47-43-22-12-10-20-41(43)46-40-19-9-7-17-38(40)39-18-8-11-21-42(39)48(46)52-47;1-3-13-28(14-4-1)38-27-39(45-43(44-38)31-15-5-2-6-16-31)29-23-25-30(26-24-29)41-37-22-12-10-20-35(37)40-34-19-9-7-17-32(34)33-18-8-11-21-36(33)42(40)46-41/h1-31H;1-27H. The van der Waals surface area contributed by atoms with Crippen molar-refractivity contribution in [3.63, 3.8) is 0 Å². The Balaban J connectivity index is 0.000000143. The Hall–Kier alpha value is -13.2. The van der Waals surface area contributed by atoms with Crippen LogP contribution in [0, 0.1) is 0 Å². The molecule has 0 bridgehead atoms. The Morgan fingerprint density at radius 3 is 0.673 bits per heavy atom.